The predicted molar refractivity (Wildman–Crippen MR) is 111 cm³/mol. The lowest BCUT2D eigenvalue weighted by molar-refractivity contribution is -0.129. The summed E-state index contributed by atoms with van der Waals surface area (Å²) in [7, 11) is 2.87. The van der Waals surface area contributed by atoms with Gasteiger partial charge >= 0.3 is 0 Å². The minimum atomic E-state index is -1.70. The molecule has 1 heterocycles. The van der Waals surface area contributed by atoms with Crippen molar-refractivity contribution in [2.24, 2.45) is 5.92 Å². The van der Waals surface area contributed by atoms with E-state index in [9.17, 15) is 14.7 Å². The van der Waals surface area contributed by atoms with Crippen LogP contribution < -0.4 is 19.5 Å². The second-order valence-electron chi connectivity index (χ2n) is 7.28. The van der Waals surface area contributed by atoms with Crippen molar-refractivity contribution in [3.05, 3.63) is 52.7 Å². The van der Waals surface area contributed by atoms with Crippen LogP contribution in [0, 0.1) is 5.92 Å². The van der Waals surface area contributed by atoms with E-state index in [0.717, 1.165) is 0 Å². The van der Waals surface area contributed by atoms with E-state index >= 15 is 0 Å². The molecule has 0 amide bonds. The van der Waals surface area contributed by atoms with Gasteiger partial charge < -0.3 is 24.6 Å². The Morgan fingerprint density at radius 2 is 1.83 bits per heavy atom. The van der Waals surface area contributed by atoms with Gasteiger partial charge in [-0.05, 0) is 30.7 Å². The summed E-state index contributed by atoms with van der Waals surface area (Å²) in [5.74, 6) is -0.645. The summed E-state index contributed by atoms with van der Waals surface area (Å²) in [4.78, 5) is 26.6. The number of phenols is 1. The standard InChI is InChI=1S/C22H20ClNO6/c1-11-8-13(24-12-4-6-14(25)7-5-12)9-17(26)22(11)21(27)18-15(28-2)10-16(29-3)19(23)20(18)30-22/h4-7,9-11,24-25H,8H2,1-3H3. The highest BCUT2D eigenvalue weighted by Gasteiger charge is 2.60. The molecule has 2 aromatic rings. The number of hydrogen-bond donors (Lipinski definition) is 2. The summed E-state index contributed by atoms with van der Waals surface area (Å²) in [6, 6.07) is 7.98. The minimum absolute atomic E-state index is 0.0985. The molecule has 156 valence electrons. The first-order valence-electron chi connectivity index (χ1n) is 9.31. The van der Waals surface area contributed by atoms with E-state index < -0.39 is 23.1 Å². The third kappa shape index (κ3) is 2.89. The van der Waals surface area contributed by atoms with Gasteiger partial charge in [0.2, 0.25) is 17.2 Å². The molecule has 0 saturated heterocycles. The lowest BCUT2D eigenvalue weighted by atomic mass is 9.74. The first kappa shape index (κ1) is 20.1. The molecule has 0 radical (unpaired) electrons. The van der Waals surface area contributed by atoms with Crippen molar-refractivity contribution in [3.8, 4) is 23.0 Å². The lowest BCUT2D eigenvalue weighted by Gasteiger charge is -2.35. The molecule has 30 heavy (non-hydrogen) atoms. The predicted octanol–water partition coefficient (Wildman–Crippen LogP) is 3.98. The van der Waals surface area contributed by atoms with Gasteiger partial charge in [-0.3, -0.25) is 9.59 Å². The highest BCUT2D eigenvalue weighted by atomic mass is 35.5. The number of methoxy groups -OCH3 is 2. The average molecular weight is 430 g/mol. The number of allylic oxidation sites excluding steroid dienone is 1. The van der Waals surface area contributed by atoms with E-state index in [1.807, 2.05) is 0 Å². The van der Waals surface area contributed by atoms with Gasteiger partial charge in [-0.1, -0.05) is 18.5 Å². The Bertz CT molecular complexity index is 1080. The van der Waals surface area contributed by atoms with Crippen molar-refractivity contribution >= 4 is 28.9 Å². The normalized spacial score (nSPS) is 22.4. The maximum absolute atomic E-state index is 13.4. The SMILES string of the molecule is COc1cc(OC)c2c(c1Cl)OC1(C(=O)C=C(Nc3ccc(O)cc3)CC1C)C2=O. The van der Waals surface area contributed by atoms with E-state index in [2.05, 4.69) is 5.32 Å². The maximum atomic E-state index is 13.4. The molecule has 4 rings (SSSR count). The third-order valence-electron chi connectivity index (χ3n) is 5.48. The molecule has 2 unspecified atom stereocenters. The molecular weight excluding hydrogens is 410 g/mol. The molecule has 7 nitrogen and oxygen atoms in total. The Labute approximate surface area is 178 Å². The monoisotopic (exact) mass is 429 g/mol. The fourth-order valence-corrected chi connectivity index (χ4v) is 4.21. The topological polar surface area (TPSA) is 94.1 Å². The van der Waals surface area contributed by atoms with Gasteiger partial charge in [0.1, 0.15) is 27.8 Å². The van der Waals surface area contributed by atoms with Crippen molar-refractivity contribution in [2.75, 3.05) is 19.5 Å². The van der Waals surface area contributed by atoms with Gasteiger partial charge in [-0.25, -0.2) is 0 Å². The summed E-state index contributed by atoms with van der Waals surface area (Å²) in [5, 5.41) is 12.7. The fourth-order valence-electron chi connectivity index (χ4n) is 3.95. The maximum Gasteiger partial charge on any atom is 0.236 e. The molecule has 2 N–H and O–H groups in total. The first-order chi connectivity index (χ1) is 14.3. The Morgan fingerprint density at radius 1 is 1.17 bits per heavy atom. The van der Waals surface area contributed by atoms with Crippen molar-refractivity contribution in [2.45, 2.75) is 18.9 Å². The van der Waals surface area contributed by atoms with Crippen LogP contribution in [0.2, 0.25) is 5.02 Å². The molecule has 1 spiro atoms. The number of benzene rings is 2. The largest absolute Gasteiger partial charge is 0.508 e. The smallest absolute Gasteiger partial charge is 0.236 e. The van der Waals surface area contributed by atoms with Crippen molar-refractivity contribution < 1.29 is 28.9 Å². The summed E-state index contributed by atoms with van der Waals surface area (Å²) >= 11 is 6.38. The van der Waals surface area contributed by atoms with Crippen molar-refractivity contribution in [1.82, 2.24) is 0 Å². The number of anilines is 1. The Balaban J connectivity index is 1.72. The zero-order chi connectivity index (χ0) is 21.6. The van der Waals surface area contributed by atoms with Crippen LogP contribution in [0.5, 0.6) is 23.0 Å². The van der Waals surface area contributed by atoms with Gasteiger partial charge in [0.05, 0.1) is 14.2 Å². The summed E-state index contributed by atoms with van der Waals surface area (Å²) in [6.45, 7) is 1.78. The lowest BCUT2D eigenvalue weighted by Crippen LogP contribution is -2.55. The average Bonchev–Trinajstić information content (AvgIpc) is 3.04. The van der Waals surface area contributed by atoms with E-state index in [4.69, 9.17) is 25.8 Å². The van der Waals surface area contributed by atoms with Crippen LogP contribution in [0.3, 0.4) is 0 Å². The molecule has 0 bridgehead atoms. The number of phenolic OH excluding ortho intramolecular Hbond substituents is 1. The van der Waals surface area contributed by atoms with E-state index in [0.29, 0.717) is 23.6 Å². The van der Waals surface area contributed by atoms with E-state index in [-0.39, 0.29) is 27.8 Å². The van der Waals surface area contributed by atoms with Crippen LogP contribution in [0.15, 0.2) is 42.1 Å². The molecule has 1 aliphatic carbocycles. The second kappa shape index (κ2) is 7.25. The highest BCUT2D eigenvalue weighted by molar-refractivity contribution is 6.36. The Hall–Kier alpha value is -3.19. The second-order valence-corrected chi connectivity index (χ2v) is 7.65. The van der Waals surface area contributed by atoms with Crippen molar-refractivity contribution in [1.29, 1.82) is 0 Å². The number of Topliss-reactive ketones (excluding diaryl/α,β-unsaturated/α-hetero) is 1. The van der Waals surface area contributed by atoms with Gasteiger partial charge in [-0.15, -0.1) is 0 Å². The highest BCUT2D eigenvalue weighted by Crippen LogP contribution is 2.53. The van der Waals surface area contributed by atoms with Crippen molar-refractivity contribution in [3.63, 3.8) is 0 Å². The fraction of sp³-hybridized carbons (Fsp3) is 0.273. The van der Waals surface area contributed by atoms with Crippen LogP contribution in [0.4, 0.5) is 5.69 Å². The Morgan fingerprint density at radius 3 is 2.43 bits per heavy atom. The molecular formula is C22H20ClNO6. The molecule has 8 heteroatoms. The molecule has 0 aromatic heterocycles. The zero-order valence-corrected chi connectivity index (χ0v) is 17.4. The third-order valence-corrected chi connectivity index (χ3v) is 5.84. The number of hydrogen-bond acceptors (Lipinski definition) is 7. The number of ether oxygens (including phenoxy) is 3. The van der Waals surface area contributed by atoms with Gasteiger partial charge in [-0.2, -0.15) is 0 Å². The quantitative estimate of drug-likeness (QED) is 0.560. The molecule has 2 atom stereocenters. The molecule has 2 aliphatic rings. The number of aromatic hydroxyl groups is 1. The molecule has 0 saturated carbocycles. The van der Waals surface area contributed by atoms with E-state index in [1.165, 1.54) is 26.4 Å². The Kier molecular flexibility index (Phi) is 4.86. The number of carbonyl (C=O) groups excluding carboxylic acids is 2. The summed E-state index contributed by atoms with van der Waals surface area (Å²) in [6.07, 6.45) is 1.78. The number of halogens is 1. The van der Waals surface area contributed by atoms with Gasteiger partial charge in [0, 0.05) is 29.4 Å². The summed E-state index contributed by atoms with van der Waals surface area (Å²) in [5.41, 5.74) is -0.198. The minimum Gasteiger partial charge on any atom is -0.508 e. The van der Waals surface area contributed by atoms with Crippen LogP contribution in [0.1, 0.15) is 23.7 Å². The van der Waals surface area contributed by atoms with Crippen LogP contribution in [-0.4, -0.2) is 36.5 Å². The summed E-state index contributed by atoms with van der Waals surface area (Å²) < 4.78 is 16.6. The van der Waals surface area contributed by atoms with Gasteiger partial charge in [0.25, 0.3) is 0 Å². The zero-order valence-electron chi connectivity index (χ0n) is 16.6. The number of rotatable bonds is 4. The molecule has 1 aliphatic heterocycles. The number of carbonyl (C=O) groups is 2. The van der Waals surface area contributed by atoms with Crippen LogP contribution >= 0.6 is 11.6 Å². The number of fused-ring (bicyclic) bond motifs is 1. The molecule has 2 aromatic carbocycles. The number of ketones is 2. The number of nitrogens with one attached hydrogen (secondary N) is 1. The van der Waals surface area contributed by atoms with E-state index in [1.54, 1.807) is 31.2 Å². The van der Waals surface area contributed by atoms with Crippen LogP contribution in [0.25, 0.3) is 0 Å². The first-order valence-corrected chi connectivity index (χ1v) is 9.69. The van der Waals surface area contributed by atoms with Crippen LogP contribution in [-0.2, 0) is 4.79 Å². The van der Waals surface area contributed by atoms with Gasteiger partial charge in [0.15, 0.2) is 5.75 Å². The molecule has 0 fully saturated rings.